The zero-order valence-electron chi connectivity index (χ0n) is 14.0. The number of hydrogen-bond acceptors (Lipinski definition) is 3. The van der Waals surface area contributed by atoms with E-state index in [1.54, 1.807) is 7.11 Å². The van der Waals surface area contributed by atoms with Crippen molar-refractivity contribution >= 4 is 17.3 Å². The van der Waals surface area contributed by atoms with Gasteiger partial charge < -0.3 is 15.4 Å². The van der Waals surface area contributed by atoms with Gasteiger partial charge in [0.1, 0.15) is 5.75 Å². The molecule has 0 aliphatic rings. The summed E-state index contributed by atoms with van der Waals surface area (Å²) in [6.45, 7) is 4.70. The fourth-order valence-electron chi connectivity index (χ4n) is 2.31. The Kier molecular flexibility index (Phi) is 6.03. The Morgan fingerprint density at radius 3 is 2.52 bits per heavy atom. The minimum absolute atomic E-state index is 0.0356. The van der Waals surface area contributed by atoms with E-state index in [9.17, 15) is 4.79 Å². The molecule has 2 aromatic rings. The highest BCUT2D eigenvalue weighted by molar-refractivity contribution is 5.92. The van der Waals surface area contributed by atoms with E-state index in [1.807, 2.05) is 37.3 Å². The number of nitrogens with one attached hydrogen (secondary N) is 2. The molecule has 122 valence electrons. The lowest BCUT2D eigenvalue weighted by atomic mass is 10.1. The van der Waals surface area contributed by atoms with Gasteiger partial charge in [-0.25, -0.2) is 0 Å². The van der Waals surface area contributed by atoms with E-state index in [0.29, 0.717) is 24.4 Å². The molecule has 1 amide bonds. The molecule has 0 heterocycles. The third kappa shape index (κ3) is 5.02. The molecular weight excluding hydrogens is 288 g/mol. The third-order valence-corrected chi connectivity index (χ3v) is 3.67. The van der Waals surface area contributed by atoms with Crippen LogP contribution in [0.5, 0.6) is 5.75 Å². The molecule has 23 heavy (non-hydrogen) atoms. The van der Waals surface area contributed by atoms with Crippen LogP contribution in [0, 0.1) is 6.92 Å². The van der Waals surface area contributed by atoms with Crippen molar-refractivity contribution in [2.45, 2.75) is 26.7 Å². The molecule has 0 aliphatic heterocycles. The van der Waals surface area contributed by atoms with Crippen LogP contribution in [-0.2, 0) is 11.2 Å². The van der Waals surface area contributed by atoms with Crippen LogP contribution in [0.2, 0.25) is 0 Å². The molecule has 0 unspecified atom stereocenters. The predicted octanol–water partition coefficient (Wildman–Crippen LogP) is 4.01. The van der Waals surface area contributed by atoms with E-state index in [2.05, 4.69) is 29.7 Å². The van der Waals surface area contributed by atoms with Gasteiger partial charge in [0.25, 0.3) is 0 Å². The zero-order valence-corrected chi connectivity index (χ0v) is 14.0. The van der Waals surface area contributed by atoms with Gasteiger partial charge in [0, 0.05) is 18.7 Å². The molecule has 0 fully saturated rings. The maximum Gasteiger partial charge on any atom is 0.226 e. The Balaban J connectivity index is 1.84. The molecule has 0 spiro atoms. The zero-order chi connectivity index (χ0) is 16.7. The Morgan fingerprint density at radius 2 is 1.87 bits per heavy atom. The Hall–Kier alpha value is -2.49. The van der Waals surface area contributed by atoms with Crippen molar-refractivity contribution in [3.63, 3.8) is 0 Å². The van der Waals surface area contributed by atoms with E-state index < -0.39 is 0 Å². The van der Waals surface area contributed by atoms with Crippen LogP contribution in [0.25, 0.3) is 0 Å². The summed E-state index contributed by atoms with van der Waals surface area (Å²) < 4.78 is 5.27. The molecular formula is C19H24N2O2. The van der Waals surface area contributed by atoms with Gasteiger partial charge in [-0.05, 0) is 48.7 Å². The van der Waals surface area contributed by atoms with Crippen molar-refractivity contribution in [1.82, 2.24) is 0 Å². The highest BCUT2D eigenvalue weighted by Crippen LogP contribution is 2.25. The van der Waals surface area contributed by atoms with E-state index in [4.69, 9.17) is 4.74 Å². The Bertz CT molecular complexity index is 651. The molecule has 0 bridgehead atoms. The molecule has 2 rings (SSSR count). The first kappa shape index (κ1) is 16.9. The molecule has 0 radical (unpaired) electrons. The largest absolute Gasteiger partial charge is 0.495 e. The third-order valence-electron chi connectivity index (χ3n) is 3.67. The van der Waals surface area contributed by atoms with Gasteiger partial charge in [-0.1, -0.05) is 25.1 Å². The van der Waals surface area contributed by atoms with Crippen LogP contribution < -0.4 is 15.4 Å². The van der Waals surface area contributed by atoms with Gasteiger partial charge in [-0.3, -0.25) is 4.79 Å². The van der Waals surface area contributed by atoms with Crippen molar-refractivity contribution in [1.29, 1.82) is 0 Å². The molecule has 2 N–H and O–H groups in total. The number of ether oxygens (including phenoxy) is 1. The second kappa shape index (κ2) is 8.22. The summed E-state index contributed by atoms with van der Waals surface area (Å²) >= 11 is 0. The lowest BCUT2D eigenvalue weighted by molar-refractivity contribution is -0.115. The second-order valence-electron chi connectivity index (χ2n) is 5.48. The smallest absolute Gasteiger partial charge is 0.226 e. The van der Waals surface area contributed by atoms with Crippen LogP contribution in [0.15, 0.2) is 42.5 Å². The fourth-order valence-corrected chi connectivity index (χ4v) is 2.31. The number of carbonyl (C=O) groups is 1. The molecule has 0 atom stereocenters. The number of anilines is 2. The maximum absolute atomic E-state index is 12.1. The summed E-state index contributed by atoms with van der Waals surface area (Å²) in [6, 6.07) is 14.0. The monoisotopic (exact) mass is 312 g/mol. The van der Waals surface area contributed by atoms with Crippen LogP contribution in [0.1, 0.15) is 24.5 Å². The van der Waals surface area contributed by atoms with Crippen molar-refractivity contribution in [2.75, 3.05) is 24.3 Å². The van der Waals surface area contributed by atoms with E-state index in [1.165, 1.54) is 5.56 Å². The lowest BCUT2D eigenvalue weighted by Gasteiger charge is -2.11. The maximum atomic E-state index is 12.1. The van der Waals surface area contributed by atoms with Crippen molar-refractivity contribution < 1.29 is 9.53 Å². The Morgan fingerprint density at radius 1 is 1.13 bits per heavy atom. The van der Waals surface area contributed by atoms with Crippen LogP contribution in [0.3, 0.4) is 0 Å². The summed E-state index contributed by atoms with van der Waals surface area (Å²) in [7, 11) is 1.60. The van der Waals surface area contributed by atoms with Gasteiger partial charge in [-0.15, -0.1) is 0 Å². The van der Waals surface area contributed by atoms with Gasteiger partial charge in [0.15, 0.2) is 0 Å². The van der Waals surface area contributed by atoms with E-state index in [-0.39, 0.29) is 5.91 Å². The molecule has 4 heteroatoms. The summed E-state index contributed by atoms with van der Waals surface area (Å²) in [5, 5.41) is 6.16. The minimum Gasteiger partial charge on any atom is -0.495 e. The number of carbonyl (C=O) groups excluding carboxylic acids is 1. The van der Waals surface area contributed by atoms with Gasteiger partial charge in [0.2, 0.25) is 5.91 Å². The first-order valence-corrected chi connectivity index (χ1v) is 7.89. The molecule has 0 aliphatic carbocycles. The fraction of sp³-hybridized carbons (Fsp3) is 0.316. The summed E-state index contributed by atoms with van der Waals surface area (Å²) in [6.07, 6.45) is 1.42. The minimum atomic E-state index is -0.0356. The average Bonchev–Trinajstić information content (AvgIpc) is 2.56. The van der Waals surface area contributed by atoms with Crippen molar-refractivity contribution in [2.24, 2.45) is 0 Å². The highest BCUT2D eigenvalue weighted by Gasteiger charge is 2.07. The van der Waals surface area contributed by atoms with Crippen molar-refractivity contribution in [3.05, 3.63) is 53.6 Å². The molecule has 0 aromatic heterocycles. The molecule has 0 saturated heterocycles. The predicted molar refractivity (Wildman–Crippen MR) is 95.3 cm³/mol. The number of amides is 1. The number of hydrogen-bond donors (Lipinski definition) is 2. The Labute approximate surface area is 137 Å². The van der Waals surface area contributed by atoms with Crippen LogP contribution >= 0.6 is 0 Å². The summed E-state index contributed by atoms with van der Waals surface area (Å²) in [4.78, 5) is 12.1. The van der Waals surface area contributed by atoms with Gasteiger partial charge in [0.05, 0.1) is 12.8 Å². The first-order valence-electron chi connectivity index (χ1n) is 7.89. The summed E-state index contributed by atoms with van der Waals surface area (Å²) in [5.41, 5.74) is 4.13. The van der Waals surface area contributed by atoms with Crippen LogP contribution in [0.4, 0.5) is 11.4 Å². The summed E-state index contributed by atoms with van der Waals surface area (Å²) in [5.74, 6) is 0.638. The molecule has 0 saturated carbocycles. The SMILES string of the molecule is CCc1ccc(NCCC(=O)Nc2cc(C)ccc2OC)cc1. The van der Waals surface area contributed by atoms with E-state index >= 15 is 0 Å². The molecule has 4 nitrogen and oxygen atoms in total. The lowest BCUT2D eigenvalue weighted by Crippen LogP contribution is -2.16. The quantitative estimate of drug-likeness (QED) is 0.812. The topological polar surface area (TPSA) is 50.4 Å². The normalized spacial score (nSPS) is 10.2. The first-order chi connectivity index (χ1) is 11.1. The molecule has 2 aromatic carbocycles. The number of aryl methyl sites for hydroxylation is 2. The van der Waals surface area contributed by atoms with E-state index in [0.717, 1.165) is 17.7 Å². The average molecular weight is 312 g/mol. The second-order valence-corrected chi connectivity index (χ2v) is 5.48. The standard InChI is InChI=1S/C19H24N2O2/c1-4-15-6-8-16(9-7-15)20-12-11-19(22)21-17-13-14(2)5-10-18(17)23-3/h5-10,13,20H,4,11-12H2,1-3H3,(H,21,22). The number of benzene rings is 2. The van der Waals surface area contributed by atoms with Crippen molar-refractivity contribution in [3.8, 4) is 5.75 Å². The highest BCUT2D eigenvalue weighted by atomic mass is 16.5. The number of rotatable bonds is 7. The van der Waals surface area contributed by atoms with Crippen LogP contribution in [-0.4, -0.2) is 19.6 Å². The van der Waals surface area contributed by atoms with Gasteiger partial charge in [-0.2, -0.15) is 0 Å². The van der Waals surface area contributed by atoms with Gasteiger partial charge >= 0.3 is 0 Å². The number of methoxy groups -OCH3 is 1.